The molecule has 0 saturated carbocycles. The Morgan fingerprint density at radius 3 is 0.772 bits per heavy atom. The third-order valence-corrected chi connectivity index (χ3v) is 14.3. The molecule has 0 spiro atoms. The highest BCUT2D eigenvalue weighted by Crippen LogP contribution is 2.17. The number of carbonyl (C=O) groups excluding carboxylic acids is 3. The molecular formula is C73H124O6. The molecule has 0 aromatic carbocycles. The van der Waals surface area contributed by atoms with Crippen LogP contribution in [0.4, 0.5) is 0 Å². The highest BCUT2D eigenvalue weighted by atomic mass is 16.6. The molecular weight excluding hydrogens is 973 g/mol. The Kier molecular flexibility index (Phi) is 63.3. The number of unbranched alkanes of at least 4 members (excludes halogenated alkanes) is 31. The van der Waals surface area contributed by atoms with Gasteiger partial charge < -0.3 is 14.2 Å². The molecule has 0 aromatic rings. The van der Waals surface area contributed by atoms with E-state index in [0.29, 0.717) is 19.3 Å². The van der Waals surface area contributed by atoms with E-state index in [0.717, 1.165) is 135 Å². The zero-order valence-electron chi connectivity index (χ0n) is 51.9. The molecule has 0 heterocycles. The zero-order chi connectivity index (χ0) is 57.1. The summed E-state index contributed by atoms with van der Waals surface area (Å²) in [5.41, 5.74) is 0. The first kappa shape index (κ1) is 75.1. The third kappa shape index (κ3) is 64.8. The highest BCUT2D eigenvalue weighted by molar-refractivity contribution is 5.71. The Hall–Kier alpha value is -3.93. The van der Waals surface area contributed by atoms with E-state index in [1.807, 2.05) is 0 Å². The van der Waals surface area contributed by atoms with Crippen molar-refractivity contribution in [1.82, 2.24) is 0 Å². The Labute approximate surface area is 489 Å². The predicted octanol–water partition coefficient (Wildman–Crippen LogP) is 23.0. The predicted molar refractivity (Wildman–Crippen MR) is 343 cm³/mol. The molecule has 79 heavy (non-hydrogen) atoms. The summed E-state index contributed by atoms with van der Waals surface area (Å²) in [6, 6.07) is 0. The molecule has 0 radical (unpaired) electrons. The maximum atomic E-state index is 12.9. The summed E-state index contributed by atoms with van der Waals surface area (Å²) in [5.74, 6) is -0.899. The van der Waals surface area contributed by atoms with Crippen molar-refractivity contribution in [3.8, 4) is 0 Å². The lowest BCUT2D eigenvalue weighted by Crippen LogP contribution is -2.30. The average Bonchev–Trinajstić information content (AvgIpc) is 3.45. The van der Waals surface area contributed by atoms with Gasteiger partial charge in [0.05, 0.1) is 0 Å². The lowest BCUT2D eigenvalue weighted by molar-refractivity contribution is -0.167. The second-order valence-corrected chi connectivity index (χ2v) is 22.0. The van der Waals surface area contributed by atoms with Gasteiger partial charge in [0.1, 0.15) is 13.2 Å². The molecule has 0 aromatic heterocycles. The normalized spacial score (nSPS) is 12.8. The summed E-state index contributed by atoms with van der Waals surface area (Å²) in [7, 11) is 0. The minimum Gasteiger partial charge on any atom is -0.462 e. The molecule has 0 fully saturated rings. The minimum absolute atomic E-state index is 0.0860. The van der Waals surface area contributed by atoms with Gasteiger partial charge in [-0.15, -0.1) is 0 Å². The molecule has 6 heteroatoms. The van der Waals surface area contributed by atoms with Gasteiger partial charge in [-0.05, 0) is 103 Å². The van der Waals surface area contributed by atoms with E-state index in [-0.39, 0.29) is 31.1 Å². The monoisotopic (exact) mass is 1100 g/mol. The maximum absolute atomic E-state index is 12.9. The molecule has 1 unspecified atom stereocenters. The van der Waals surface area contributed by atoms with Crippen LogP contribution >= 0.6 is 0 Å². The van der Waals surface area contributed by atoms with E-state index in [9.17, 15) is 14.4 Å². The Bertz CT molecular complexity index is 1590. The first-order valence-corrected chi connectivity index (χ1v) is 33.4. The van der Waals surface area contributed by atoms with Crippen molar-refractivity contribution in [2.24, 2.45) is 0 Å². The number of allylic oxidation sites excluding steroid dienone is 18. The molecule has 0 aliphatic rings. The SMILES string of the molecule is CC/C=C\C/C=C\C/C=C\C/C=C\C/C=C\CCCCCCCCCC(=O)OCC(COC(=O)CCCCCCCCCCCCCCCCCCCCC)OC(=O)CCCCCCCC/C=C\C/C=C\C/C=C\C/C=C\CC. The van der Waals surface area contributed by atoms with Gasteiger partial charge in [0.2, 0.25) is 0 Å². The van der Waals surface area contributed by atoms with Crippen molar-refractivity contribution in [2.45, 2.75) is 322 Å². The number of ether oxygens (including phenoxy) is 3. The van der Waals surface area contributed by atoms with Gasteiger partial charge in [-0.1, -0.05) is 304 Å². The molecule has 6 nitrogen and oxygen atoms in total. The fraction of sp³-hybridized carbons (Fsp3) is 0.712. The fourth-order valence-corrected chi connectivity index (χ4v) is 9.35. The first-order valence-electron chi connectivity index (χ1n) is 33.4. The van der Waals surface area contributed by atoms with Crippen molar-refractivity contribution in [1.29, 1.82) is 0 Å². The van der Waals surface area contributed by atoms with Gasteiger partial charge in [0, 0.05) is 19.3 Å². The standard InChI is InChI=1S/C73H124O6/c1-4-7-10-13-16-19-22-25-28-31-34-35-36-37-40-42-45-48-51-54-57-60-63-66-72(75)78-69-70(79-73(76)67-64-61-58-55-52-49-46-43-39-33-30-27-24-21-18-15-12-9-6-3)68-77-71(74)65-62-59-56-53-50-47-44-41-38-32-29-26-23-20-17-14-11-8-5-2/h7,9-10,12,16,18-19,21,25,27-28,30,34-35,37,39-40,43,70H,4-6,8,11,13-15,17,20,22-24,26,29,31-33,36,38,41-42,44-69H2,1-3H3/b10-7-,12-9-,19-16-,21-18-,28-25-,30-27-,35-34-,40-37-,43-39-. The van der Waals surface area contributed by atoms with E-state index in [1.165, 1.54) is 141 Å². The van der Waals surface area contributed by atoms with Crippen LogP contribution < -0.4 is 0 Å². The van der Waals surface area contributed by atoms with Crippen LogP contribution in [0.5, 0.6) is 0 Å². The highest BCUT2D eigenvalue weighted by Gasteiger charge is 2.19. The van der Waals surface area contributed by atoms with E-state index in [2.05, 4.69) is 130 Å². The van der Waals surface area contributed by atoms with Gasteiger partial charge in [0.15, 0.2) is 6.10 Å². The van der Waals surface area contributed by atoms with Crippen LogP contribution in [0.1, 0.15) is 316 Å². The van der Waals surface area contributed by atoms with E-state index in [1.54, 1.807) is 0 Å². The maximum Gasteiger partial charge on any atom is 0.306 e. The minimum atomic E-state index is -0.793. The van der Waals surface area contributed by atoms with Crippen LogP contribution in [0.15, 0.2) is 109 Å². The van der Waals surface area contributed by atoms with Crippen LogP contribution in [0.2, 0.25) is 0 Å². The van der Waals surface area contributed by atoms with Crippen LogP contribution in [0, 0.1) is 0 Å². The quantitative estimate of drug-likeness (QED) is 0.0261. The van der Waals surface area contributed by atoms with Crippen molar-refractivity contribution < 1.29 is 28.6 Å². The Balaban J connectivity index is 4.42. The summed E-state index contributed by atoms with van der Waals surface area (Å²) >= 11 is 0. The Morgan fingerprint density at radius 1 is 0.266 bits per heavy atom. The summed E-state index contributed by atoms with van der Waals surface area (Å²) < 4.78 is 17.0. The van der Waals surface area contributed by atoms with Gasteiger partial charge in [0.25, 0.3) is 0 Å². The van der Waals surface area contributed by atoms with E-state index in [4.69, 9.17) is 14.2 Å². The van der Waals surface area contributed by atoms with Crippen molar-refractivity contribution >= 4 is 17.9 Å². The zero-order valence-corrected chi connectivity index (χ0v) is 51.9. The molecule has 452 valence electrons. The first-order chi connectivity index (χ1) is 39.0. The molecule has 0 amide bonds. The van der Waals surface area contributed by atoms with Crippen LogP contribution in [0.25, 0.3) is 0 Å². The van der Waals surface area contributed by atoms with Crippen molar-refractivity contribution in [3.05, 3.63) is 109 Å². The lowest BCUT2D eigenvalue weighted by atomic mass is 10.0. The van der Waals surface area contributed by atoms with Crippen molar-refractivity contribution in [2.75, 3.05) is 13.2 Å². The van der Waals surface area contributed by atoms with Gasteiger partial charge in [-0.3, -0.25) is 14.4 Å². The smallest absolute Gasteiger partial charge is 0.306 e. The number of hydrogen-bond acceptors (Lipinski definition) is 6. The molecule has 0 aliphatic carbocycles. The largest absolute Gasteiger partial charge is 0.462 e. The number of carbonyl (C=O) groups is 3. The van der Waals surface area contributed by atoms with Gasteiger partial charge in [-0.25, -0.2) is 0 Å². The summed E-state index contributed by atoms with van der Waals surface area (Å²) in [6.45, 7) is 6.43. The van der Waals surface area contributed by atoms with Gasteiger partial charge >= 0.3 is 17.9 Å². The number of esters is 3. The molecule has 0 bridgehead atoms. The third-order valence-electron chi connectivity index (χ3n) is 14.3. The molecule has 0 N–H and O–H groups in total. The van der Waals surface area contributed by atoms with Gasteiger partial charge in [-0.2, -0.15) is 0 Å². The topological polar surface area (TPSA) is 78.9 Å². The molecule has 1 atom stereocenters. The second-order valence-electron chi connectivity index (χ2n) is 22.0. The Morgan fingerprint density at radius 2 is 0.494 bits per heavy atom. The van der Waals surface area contributed by atoms with Crippen molar-refractivity contribution in [3.63, 3.8) is 0 Å². The summed E-state index contributed by atoms with van der Waals surface area (Å²) in [5, 5.41) is 0. The molecule has 0 aliphatic heterocycles. The summed E-state index contributed by atoms with van der Waals surface area (Å²) in [4.78, 5) is 38.4. The summed E-state index contributed by atoms with van der Waals surface area (Å²) in [6.07, 6.45) is 90.9. The van der Waals surface area contributed by atoms with Crippen LogP contribution in [-0.4, -0.2) is 37.2 Å². The number of rotatable bonds is 60. The lowest BCUT2D eigenvalue weighted by Gasteiger charge is -2.18. The van der Waals surface area contributed by atoms with Crippen LogP contribution in [0.3, 0.4) is 0 Å². The number of hydrogen-bond donors (Lipinski definition) is 0. The van der Waals surface area contributed by atoms with Crippen LogP contribution in [-0.2, 0) is 28.6 Å². The molecule has 0 rings (SSSR count). The second kappa shape index (κ2) is 66.6. The van der Waals surface area contributed by atoms with E-state index >= 15 is 0 Å². The molecule has 0 saturated heterocycles. The van der Waals surface area contributed by atoms with E-state index < -0.39 is 6.10 Å². The average molecular weight is 1100 g/mol. The fourth-order valence-electron chi connectivity index (χ4n) is 9.35.